The van der Waals surface area contributed by atoms with Crippen molar-refractivity contribution in [1.82, 2.24) is 19.5 Å². The van der Waals surface area contributed by atoms with Gasteiger partial charge in [0.1, 0.15) is 11.5 Å². The van der Waals surface area contributed by atoms with Crippen molar-refractivity contribution in [2.24, 2.45) is 0 Å². The molecule has 5 heteroatoms. The van der Waals surface area contributed by atoms with E-state index in [4.69, 9.17) is 4.98 Å². The van der Waals surface area contributed by atoms with Crippen LogP contribution >= 0.6 is 0 Å². The van der Waals surface area contributed by atoms with Gasteiger partial charge in [0.2, 0.25) is 0 Å². The molecule has 0 fully saturated rings. The molecule has 1 N–H and O–H groups in total. The lowest BCUT2D eigenvalue weighted by Gasteiger charge is -2.22. The van der Waals surface area contributed by atoms with Crippen LogP contribution in [0.2, 0.25) is 0 Å². The third-order valence-electron chi connectivity index (χ3n) is 8.22. The normalized spacial score (nSPS) is 11.9. The first-order valence-corrected chi connectivity index (χ1v) is 14.5. The van der Waals surface area contributed by atoms with Gasteiger partial charge in [-0.2, -0.15) is 0 Å². The Hall–Kier alpha value is -5.03. The highest BCUT2D eigenvalue weighted by molar-refractivity contribution is 6.05. The largest absolute Gasteiger partial charge is 0.353 e. The zero-order chi connectivity index (χ0) is 29.0. The summed E-state index contributed by atoms with van der Waals surface area (Å²) in [5.74, 6) is 1.51. The standard InChI is InChI=1S/C37H32N4O/c1-22(2)27-10-7-11-28(23(3)4)36(27)41-21-32(40-37(41)30-12-5-9-26-20-38-19-18-29(26)30)31-17-16-25-15-14-24-8-6-13-33(42)34(24)35(25)39-31/h5-23,39H,1-4H3. The Bertz CT molecular complexity index is 2150. The van der Waals surface area contributed by atoms with Gasteiger partial charge in [-0.3, -0.25) is 14.3 Å². The molecule has 206 valence electrons. The van der Waals surface area contributed by atoms with E-state index in [2.05, 4.69) is 109 Å². The number of aromatic amines is 1. The molecule has 0 amide bonds. The Morgan fingerprint density at radius 2 is 1.43 bits per heavy atom. The first kappa shape index (κ1) is 25.9. The van der Waals surface area contributed by atoms with Crippen LogP contribution in [0, 0.1) is 0 Å². The van der Waals surface area contributed by atoms with Crippen LogP contribution in [0.3, 0.4) is 0 Å². The molecule has 7 rings (SSSR count). The SMILES string of the molecule is CC(C)c1cccc(C(C)C)c1-n1cc(-c2ccc3ccc4cccc(=O)c4c3[nH]2)nc1-c1cccc2cnccc12. The van der Waals surface area contributed by atoms with E-state index in [-0.39, 0.29) is 5.43 Å². The summed E-state index contributed by atoms with van der Waals surface area (Å²) >= 11 is 0. The van der Waals surface area contributed by atoms with Gasteiger partial charge < -0.3 is 4.98 Å². The van der Waals surface area contributed by atoms with Crippen LogP contribution in [0.4, 0.5) is 0 Å². The van der Waals surface area contributed by atoms with E-state index in [1.54, 1.807) is 6.07 Å². The van der Waals surface area contributed by atoms with E-state index in [0.717, 1.165) is 49.8 Å². The van der Waals surface area contributed by atoms with Gasteiger partial charge in [0, 0.05) is 29.5 Å². The Labute approximate surface area is 244 Å². The van der Waals surface area contributed by atoms with Gasteiger partial charge >= 0.3 is 0 Å². The zero-order valence-electron chi connectivity index (χ0n) is 24.2. The molecule has 0 aliphatic carbocycles. The van der Waals surface area contributed by atoms with Crippen LogP contribution in [-0.2, 0) is 0 Å². The molecule has 0 atom stereocenters. The van der Waals surface area contributed by atoms with Crippen LogP contribution in [0.5, 0.6) is 0 Å². The van der Waals surface area contributed by atoms with Crippen LogP contribution in [0.1, 0.15) is 50.7 Å². The molecule has 7 aromatic rings. The van der Waals surface area contributed by atoms with E-state index in [0.29, 0.717) is 17.2 Å². The van der Waals surface area contributed by atoms with Crippen molar-refractivity contribution >= 4 is 32.4 Å². The minimum atomic E-state index is 0.00881. The molecule has 42 heavy (non-hydrogen) atoms. The monoisotopic (exact) mass is 548 g/mol. The molecule has 3 aromatic heterocycles. The summed E-state index contributed by atoms with van der Waals surface area (Å²) in [6, 6.07) is 28.6. The van der Waals surface area contributed by atoms with E-state index >= 15 is 0 Å². The fourth-order valence-corrected chi connectivity index (χ4v) is 6.11. The highest BCUT2D eigenvalue weighted by Crippen LogP contribution is 2.38. The van der Waals surface area contributed by atoms with Crippen LogP contribution < -0.4 is 5.43 Å². The summed E-state index contributed by atoms with van der Waals surface area (Å²) in [6.45, 7) is 8.97. The lowest BCUT2D eigenvalue weighted by Crippen LogP contribution is -2.08. The third kappa shape index (κ3) is 4.20. The number of pyridine rings is 2. The van der Waals surface area contributed by atoms with Crippen molar-refractivity contribution < 1.29 is 0 Å². The lowest BCUT2D eigenvalue weighted by molar-refractivity contribution is 0.807. The second-order valence-electron chi connectivity index (χ2n) is 11.6. The van der Waals surface area contributed by atoms with Crippen molar-refractivity contribution in [3.05, 3.63) is 125 Å². The predicted molar refractivity (Wildman–Crippen MR) is 174 cm³/mol. The second-order valence-corrected chi connectivity index (χ2v) is 11.6. The Morgan fingerprint density at radius 1 is 0.738 bits per heavy atom. The molecule has 0 saturated heterocycles. The molecule has 0 bridgehead atoms. The lowest BCUT2D eigenvalue weighted by atomic mass is 9.92. The Kier molecular flexibility index (Phi) is 6.23. The van der Waals surface area contributed by atoms with Crippen molar-refractivity contribution in [1.29, 1.82) is 0 Å². The molecule has 0 aliphatic heterocycles. The Morgan fingerprint density at radius 3 is 2.21 bits per heavy atom. The predicted octanol–water partition coefficient (Wildman–Crippen LogP) is 9.00. The second kappa shape index (κ2) is 10.1. The van der Waals surface area contributed by atoms with Gasteiger partial charge in [0.05, 0.1) is 22.3 Å². The molecule has 0 spiro atoms. The van der Waals surface area contributed by atoms with E-state index in [1.807, 2.05) is 30.6 Å². The van der Waals surface area contributed by atoms with Crippen molar-refractivity contribution in [2.75, 3.05) is 0 Å². The van der Waals surface area contributed by atoms with Gasteiger partial charge in [-0.1, -0.05) is 94.4 Å². The minimum Gasteiger partial charge on any atom is -0.353 e. The molecule has 0 saturated carbocycles. The molecule has 3 heterocycles. The quantitative estimate of drug-likeness (QED) is 0.218. The molecule has 5 nitrogen and oxygen atoms in total. The number of hydrogen-bond donors (Lipinski definition) is 1. The average molecular weight is 549 g/mol. The molecule has 0 aliphatic rings. The number of benzene rings is 4. The zero-order valence-corrected chi connectivity index (χ0v) is 24.2. The number of imidazole rings is 1. The molecular weight excluding hydrogens is 516 g/mol. The number of fused-ring (bicyclic) bond motifs is 4. The summed E-state index contributed by atoms with van der Waals surface area (Å²) in [7, 11) is 0. The van der Waals surface area contributed by atoms with Gasteiger partial charge in [0.15, 0.2) is 5.43 Å². The van der Waals surface area contributed by atoms with Crippen LogP contribution in [0.25, 0.3) is 60.9 Å². The van der Waals surface area contributed by atoms with Crippen molar-refractivity contribution in [3.8, 4) is 28.5 Å². The van der Waals surface area contributed by atoms with E-state index < -0.39 is 0 Å². The summed E-state index contributed by atoms with van der Waals surface area (Å²) in [5.41, 5.74) is 7.27. The molecule has 0 radical (unpaired) electrons. The van der Waals surface area contributed by atoms with E-state index in [1.165, 1.54) is 16.8 Å². The van der Waals surface area contributed by atoms with Crippen LogP contribution in [0.15, 0.2) is 108 Å². The number of nitrogens with zero attached hydrogens (tertiary/aromatic N) is 3. The van der Waals surface area contributed by atoms with Crippen molar-refractivity contribution in [2.45, 2.75) is 39.5 Å². The fourth-order valence-electron chi connectivity index (χ4n) is 6.11. The molecule has 0 unspecified atom stereocenters. The van der Waals surface area contributed by atoms with Crippen LogP contribution in [-0.4, -0.2) is 19.5 Å². The van der Waals surface area contributed by atoms with Crippen molar-refractivity contribution in [3.63, 3.8) is 0 Å². The number of hydrogen-bond acceptors (Lipinski definition) is 3. The summed E-state index contributed by atoms with van der Waals surface area (Å²) in [4.78, 5) is 26.2. The highest BCUT2D eigenvalue weighted by atomic mass is 16.1. The Balaban J connectivity index is 1.55. The first-order chi connectivity index (χ1) is 20.4. The average Bonchev–Trinajstić information content (AvgIpc) is 3.45. The number of rotatable bonds is 5. The summed E-state index contributed by atoms with van der Waals surface area (Å²) < 4.78 is 2.27. The van der Waals surface area contributed by atoms with Gasteiger partial charge in [-0.25, -0.2) is 4.98 Å². The third-order valence-corrected chi connectivity index (χ3v) is 8.22. The number of aromatic nitrogens is 4. The van der Waals surface area contributed by atoms with E-state index in [9.17, 15) is 4.79 Å². The maximum Gasteiger partial charge on any atom is 0.188 e. The first-order valence-electron chi connectivity index (χ1n) is 14.5. The number of nitrogens with one attached hydrogen (secondary N) is 1. The maximum absolute atomic E-state index is 13.0. The number of H-pyrrole nitrogens is 1. The fraction of sp³-hybridized carbons (Fsp3) is 0.162. The summed E-state index contributed by atoms with van der Waals surface area (Å²) in [5, 5.41) is 4.78. The van der Waals surface area contributed by atoms with Gasteiger partial charge in [-0.05, 0) is 57.3 Å². The summed E-state index contributed by atoms with van der Waals surface area (Å²) in [6.07, 6.45) is 5.88. The number of para-hydroxylation sites is 1. The van der Waals surface area contributed by atoms with Gasteiger partial charge in [0.25, 0.3) is 0 Å². The highest BCUT2D eigenvalue weighted by Gasteiger charge is 2.22. The molecular formula is C37H32N4O. The topological polar surface area (TPSA) is 63.6 Å². The smallest absolute Gasteiger partial charge is 0.188 e. The maximum atomic E-state index is 13.0. The minimum absolute atomic E-state index is 0.00881. The van der Waals surface area contributed by atoms with Gasteiger partial charge in [-0.15, -0.1) is 0 Å². The molecule has 4 aromatic carbocycles.